The zero-order valence-electron chi connectivity index (χ0n) is 20.3. The molecule has 3 aromatic rings. The van der Waals surface area contributed by atoms with Crippen LogP contribution >= 0.6 is 0 Å². The van der Waals surface area contributed by atoms with Crippen molar-refractivity contribution in [2.45, 2.75) is 37.9 Å². The van der Waals surface area contributed by atoms with Gasteiger partial charge in [-0.3, -0.25) is 0 Å². The molecule has 0 spiro atoms. The number of benzene rings is 3. The van der Waals surface area contributed by atoms with Crippen molar-refractivity contribution in [1.82, 2.24) is 0 Å². The number of fused-ring (bicyclic) bond motifs is 1. The van der Waals surface area contributed by atoms with Gasteiger partial charge < -0.3 is 15.2 Å². The number of nitrogens with zero attached hydrogens (tertiary/aromatic N) is 2. The van der Waals surface area contributed by atoms with Gasteiger partial charge in [0.15, 0.2) is 0 Å². The minimum atomic E-state index is -4.42. The fourth-order valence-corrected chi connectivity index (χ4v) is 5.10. The van der Waals surface area contributed by atoms with Crippen LogP contribution in [0.25, 0.3) is 10.8 Å². The van der Waals surface area contributed by atoms with Crippen LogP contribution in [-0.4, -0.2) is 25.3 Å². The maximum absolute atomic E-state index is 13.5. The van der Waals surface area contributed by atoms with Crippen LogP contribution < -0.4 is 15.2 Å². The van der Waals surface area contributed by atoms with Crippen LogP contribution in [0.5, 0.6) is 5.75 Å². The Morgan fingerprint density at radius 2 is 1.81 bits per heavy atom. The monoisotopic (exact) mass is 506 g/mol. The fraction of sp³-hybridized carbons (Fsp3) is 0.310. The smallest absolute Gasteiger partial charge is 0.416 e. The minimum Gasteiger partial charge on any atom is -0.857 e. The maximum atomic E-state index is 13.5. The van der Waals surface area contributed by atoms with Crippen LogP contribution in [0.3, 0.4) is 0 Å². The largest absolute Gasteiger partial charge is 0.857 e. The molecule has 2 aliphatic rings. The van der Waals surface area contributed by atoms with Gasteiger partial charge in [0, 0.05) is 29.1 Å². The number of halogens is 3. The van der Waals surface area contributed by atoms with E-state index in [1.165, 1.54) is 17.7 Å². The van der Waals surface area contributed by atoms with Crippen molar-refractivity contribution in [3.05, 3.63) is 83.4 Å². The summed E-state index contributed by atoms with van der Waals surface area (Å²) in [6.45, 7) is 0. The van der Waals surface area contributed by atoms with E-state index in [9.17, 15) is 18.3 Å². The molecule has 5 nitrogen and oxygen atoms in total. The number of rotatable bonds is 7. The minimum absolute atomic E-state index is 0.0937. The molecule has 5 rings (SSSR count). The molecule has 2 aliphatic carbocycles. The molecule has 1 N–H and O–H groups in total. The molecule has 192 valence electrons. The molecule has 0 aliphatic heterocycles. The maximum Gasteiger partial charge on any atom is 0.416 e. The molecule has 0 bridgehead atoms. The highest BCUT2D eigenvalue weighted by atomic mass is 19.4. The third kappa shape index (κ3) is 5.63. The average Bonchev–Trinajstić information content (AvgIpc) is 3.67. The van der Waals surface area contributed by atoms with Crippen molar-refractivity contribution >= 4 is 28.6 Å². The number of hydrogen-bond donors (Lipinski definition) is 1. The van der Waals surface area contributed by atoms with Gasteiger partial charge in [-0.15, -0.1) is 0 Å². The second-order valence-corrected chi connectivity index (χ2v) is 9.48. The molecule has 1 fully saturated rings. The summed E-state index contributed by atoms with van der Waals surface area (Å²) in [6.07, 6.45) is 3.44. The van der Waals surface area contributed by atoms with Gasteiger partial charge in [-0.2, -0.15) is 23.4 Å². The number of hydrogen-bond acceptors (Lipinski definition) is 5. The molecule has 0 aromatic heterocycles. The van der Waals surface area contributed by atoms with Crippen LogP contribution in [0.4, 0.5) is 18.9 Å². The zero-order chi connectivity index (χ0) is 26.0. The summed E-state index contributed by atoms with van der Waals surface area (Å²) in [4.78, 5) is 0. The molecular weight excluding hydrogens is 479 g/mol. The van der Waals surface area contributed by atoms with Gasteiger partial charge in [-0.05, 0) is 59.5 Å². The van der Waals surface area contributed by atoms with E-state index in [-0.39, 0.29) is 17.9 Å². The first kappa shape index (κ1) is 24.9. The summed E-state index contributed by atoms with van der Waals surface area (Å²) >= 11 is 0. The Morgan fingerprint density at radius 3 is 2.57 bits per heavy atom. The molecule has 8 heteroatoms. The normalized spacial score (nSPS) is 22.2. The molecule has 1 saturated carbocycles. The number of alkyl halides is 3. The van der Waals surface area contributed by atoms with Gasteiger partial charge in [0.25, 0.3) is 0 Å². The molecule has 0 radical (unpaired) electrons. The van der Waals surface area contributed by atoms with E-state index in [1.54, 1.807) is 49.7 Å². The van der Waals surface area contributed by atoms with Crippen LogP contribution in [0.2, 0.25) is 0 Å². The highest BCUT2D eigenvalue weighted by Gasteiger charge is 2.38. The van der Waals surface area contributed by atoms with E-state index in [2.05, 4.69) is 21.6 Å². The number of methoxy groups -OCH3 is 1. The second kappa shape index (κ2) is 10.3. The summed E-state index contributed by atoms with van der Waals surface area (Å²) in [5, 5.41) is 24.9. The summed E-state index contributed by atoms with van der Waals surface area (Å²) in [5.41, 5.74) is 1.42. The molecule has 37 heavy (non-hydrogen) atoms. The van der Waals surface area contributed by atoms with E-state index in [1.807, 2.05) is 12.1 Å². The summed E-state index contributed by atoms with van der Waals surface area (Å²) in [7, 11) is 1.56. The lowest BCUT2D eigenvalue weighted by molar-refractivity contribution is -0.213. The van der Waals surface area contributed by atoms with Gasteiger partial charge in [-0.25, -0.2) is 0 Å². The third-order valence-corrected chi connectivity index (χ3v) is 7.10. The predicted octanol–water partition coefficient (Wildman–Crippen LogP) is 6.19. The molecule has 2 unspecified atom stereocenters. The van der Waals surface area contributed by atoms with Crippen LogP contribution in [0, 0.1) is 11.8 Å². The van der Waals surface area contributed by atoms with E-state index >= 15 is 0 Å². The molecule has 0 amide bonds. The lowest BCUT2D eigenvalue weighted by Gasteiger charge is -2.28. The lowest BCUT2D eigenvalue weighted by Crippen LogP contribution is -2.23. The van der Waals surface area contributed by atoms with Gasteiger partial charge in [0.2, 0.25) is 0 Å². The third-order valence-electron chi connectivity index (χ3n) is 7.10. The van der Waals surface area contributed by atoms with E-state index in [0.29, 0.717) is 22.4 Å². The summed E-state index contributed by atoms with van der Waals surface area (Å²) in [6, 6.07) is 16.1. The van der Waals surface area contributed by atoms with Crippen LogP contribution in [0.15, 0.2) is 82.5 Å². The highest BCUT2D eigenvalue weighted by Crippen LogP contribution is 2.44. The molecule has 3 aromatic carbocycles. The van der Waals surface area contributed by atoms with E-state index in [4.69, 9.17) is 4.74 Å². The zero-order valence-corrected chi connectivity index (χ0v) is 20.3. The highest BCUT2D eigenvalue weighted by molar-refractivity contribution is 5.95. The lowest BCUT2D eigenvalue weighted by atomic mass is 9.78. The standard InChI is InChI=1S/C29H28F3N3O2/c1-37-22-12-10-18(11-13-22)28(36)35-33-17-20-7-3-4-8-23(20)25-16-27(25)34-26-15-21(29(30,31)32)14-19-6-2-5-9-24(19)26/h2,5-6,9-17,20,23,27,34H,3-4,7-8H2,1H3,(H,35,36)/p-1/b33-17+/t20?,23-,27?/m0/s1. The fourth-order valence-electron chi connectivity index (χ4n) is 5.10. The predicted molar refractivity (Wildman–Crippen MR) is 138 cm³/mol. The number of anilines is 1. The Balaban J connectivity index is 1.28. The Hall–Kier alpha value is -3.81. The Kier molecular flexibility index (Phi) is 6.91. The Morgan fingerprint density at radius 1 is 1.05 bits per heavy atom. The van der Waals surface area contributed by atoms with Crippen molar-refractivity contribution in [3.8, 4) is 5.75 Å². The van der Waals surface area contributed by atoms with Crippen molar-refractivity contribution < 1.29 is 23.0 Å². The Bertz CT molecular complexity index is 1360. The van der Waals surface area contributed by atoms with E-state index in [0.717, 1.165) is 31.1 Å². The summed E-state index contributed by atoms with van der Waals surface area (Å²) < 4.78 is 45.6. The first-order valence-corrected chi connectivity index (χ1v) is 12.3. The van der Waals surface area contributed by atoms with Gasteiger partial charge in [0.1, 0.15) is 5.75 Å². The summed E-state index contributed by atoms with van der Waals surface area (Å²) in [5.74, 6) is 0.577. The van der Waals surface area contributed by atoms with Crippen molar-refractivity contribution in [1.29, 1.82) is 0 Å². The van der Waals surface area contributed by atoms with E-state index < -0.39 is 17.6 Å². The van der Waals surface area contributed by atoms with Crippen molar-refractivity contribution in [2.75, 3.05) is 12.4 Å². The number of nitrogens with one attached hydrogen (secondary N) is 1. The first-order chi connectivity index (χ1) is 17.8. The van der Waals surface area contributed by atoms with Crippen LogP contribution in [0.1, 0.15) is 36.8 Å². The van der Waals surface area contributed by atoms with Gasteiger partial charge >= 0.3 is 6.18 Å². The quantitative estimate of drug-likeness (QED) is 0.180. The molecule has 0 heterocycles. The first-order valence-electron chi connectivity index (χ1n) is 12.3. The van der Waals surface area contributed by atoms with Crippen LogP contribution in [-0.2, 0) is 6.18 Å². The van der Waals surface area contributed by atoms with Gasteiger partial charge in [-0.1, -0.05) is 55.3 Å². The topological polar surface area (TPSA) is 69.0 Å². The van der Waals surface area contributed by atoms with Gasteiger partial charge in [0.05, 0.1) is 18.7 Å². The molecular formula is C29H27F3N3O2-. The Labute approximate surface area is 213 Å². The van der Waals surface area contributed by atoms with Crippen molar-refractivity contribution in [3.63, 3.8) is 0 Å². The number of ether oxygens (including phenoxy) is 1. The SMILES string of the molecule is COc1ccc(/C([O-])=N/N=C/C2CCCC[C@@H]2C2=CC2Nc2cc(C(F)(F)F)cc3ccccc23)cc1. The second-order valence-electron chi connectivity index (χ2n) is 9.48. The van der Waals surface area contributed by atoms with Crippen molar-refractivity contribution in [2.24, 2.45) is 22.0 Å². The molecule has 3 atom stereocenters. The average molecular weight is 507 g/mol. The molecule has 0 saturated heterocycles.